The van der Waals surface area contributed by atoms with Crippen molar-refractivity contribution in [1.82, 2.24) is 29.0 Å². The Bertz CT molecular complexity index is 1550. The van der Waals surface area contributed by atoms with E-state index in [2.05, 4.69) is 19.0 Å². The largest absolute Gasteiger partial charge is 0.494 e. The van der Waals surface area contributed by atoms with E-state index in [-0.39, 0.29) is 5.91 Å². The third kappa shape index (κ3) is 3.07. The van der Waals surface area contributed by atoms with Gasteiger partial charge >= 0.3 is 0 Å². The smallest absolute Gasteiger partial charge is 0.254 e. The summed E-state index contributed by atoms with van der Waals surface area (Å²) in [6.07, 6.45) is 8.65. The van der Waals surface area contributed by atoms with Crippen molar-refractivity contribution in [3.63, 3.8) is 0 Å². The molecule has 1 saturated heterocycles. The lowest BCUT2D eigenvalue weighted by Crippen LogP contribution is -2.53. The van der Waals surface area contributed by atoms with Crippen LogP contribution in [0.5, 0.6) is 5.75 Å². The molecule has 0 radical (unpaired) electrons. The molecule has 1 amide bonds. The summed E-state index contributed by atoms with van der Waals surface area (Å²) < 4.78 is 10.1. The Balaban J connectivity index is 1.22. The van der Waals surface area contributed by atoms with E-state index in [9.17, 15) is 4.79 Å². The van der Waals surface area contributed by atoms with Crippen LogP contribution in [0.15, 0.2) is 42.7 Å². The van der Waals surface area contributed by atoms with Crippen LogP contribution in [0, 0.1) is 23.7 Å². The van der Waals surface area contributed by atoms with Gasteiger partial charge in [-0.05, 0) is 73.6 Å². The lowest BCUT2D eigenvalue weighted by molar-refractivity contribution is -0.0204. The molecule has 0 N–H and O–H groups in total. The minimum Gasteiger partial charge on any atom is -0.494 e. The SMILES string of the molecule is COc1cc(C(=O)N2C[C@H]3CC4C[C@@H]2[C@H]43)cc2nc(-c3cnc(-c4ccccn4)n3CC3CC3)n(C)c12. The first-order valence-electron chi connectivity index (χ1n) is 13.4. The third-order valence-electron chi connectivity index (χ3n) is 9.29. The van der Waals surface area contributed by atoms with Crippen LogP contribution in [-0.2, 0) is 13.6 Å². The Morgan fingerprint density at radius 1 is 1.11 bits per heavy atom. The van der Waals surface area contributed by atoms with Gasteiger partial charge in [0.1, 0.15) is 22.7 Å². The van der Waals surface area contributed by atoms with Crippen LogP contribution in [0.2, 0.25) is 0 Å². The van der Waals surface area contributed by atoms with Gasteiger partial charge in [0.25, 0.3) is 5.91 Å². The molecular formula is C29H30N6O2. The van der Waals surface area contributed by atoms with Gasteiger partial charge in [-0.1, -0.05) is 6.07 Å². The molecule has 1 aromatic carbocycles. The van der Waals surface area contributed by atoms with Crippen molar-refractivity contribution >= 4 is 16.9 Å². The van der Waals surface area contributed by atoms with Gasteiger partial charge in [0, 0.05) is 37.9 Å². The number of aryl methyl sites for hydroxylation is 1. The number of carbonyl (C=O) groups is 1. The average molecular weight is 495 g/mol. The molecule has 0 bridgehead atoms. The van der Waals surface area contributed by atoms with E-state index in [4.69, 9.17) is 14.7 Å². The van der Waals surface area contributed by atoms with Gasteiger partial charge in [-0.25, -0.2) is 9.97 Å². The summed E-state index contributed by atoms with van der Waals surface area (Å²) in [5, 5.41) is 0. The van der Waals surface area contributed by atoms with Crippen LogP contribution in [0.3, 0.4) is 0 Å². The van der Waals surface area contributed by atoms with E-state index in [0.29, 0.717) is 29.2 Å². The van der Waals surface area contributed by atoms with Crippen molar-refractivity contribution < 1.29 is 9.53 Å². The summed E-state index contributed by atoms with van der Waals surface area (Å²) in [7, 11) is 3.68. The predicted octanol–water partition coefficient (Wildman–Crippen LogP) is 4.40. The molecule has 1 aliphatic heterocycles. The number of benzene rings is 1. The Morgan fingerprint density at radius 3 is 2.73 bits per heavy atom. The van der Waals surface area contributed by atoms with Crippen LogP contribution in [0.4, 0.5) is 0 Å². The monoisotopic (exact) mass is 494 g/mol. The molecule has 3 aromatic heterocycles. The molecule has 1 unspecified atom stereocenters. The Morgan fingerprint density at radius 2 is 2.00 bits per heavy atom. The highest BCUT2D eigenvalue weighted by Gasteiger charge is 2.61. The first-order chi connectivity index (χ1) is 18.1. The molecule has 3 saturated carbocycles. The molecule has 188 valence electrons. The zero-order chi connectivity index (χ0) is 24.8. The fourth-order valence-corrected chi connectivity index (χ4v) is 7.18. The van der Waals surface area contributed by atoms with Crippen molar-refractivity contribution in [2.45, 2.75) is 38.3 Å². The second-order valence-corrected chi connectivity index (χ2v) is 11.4. The highest BCUT2D eigenvalue weighted by Crippen LogP contribution is 2.60. The molecule has 8 rings (SSSR count). The second-order valence-electron chi connectivity index (χ2n) is 11.4. The maximum atomic E-state index is 13.6. The van der Waals surface area contributed by atoms with Gasteiger partial charge in [-0.2, -0.15) is 0 Å². The normalized spacial score (nSPS) is 25.6. The number of hydrogen-bond acceptors (Lipinski definition) is 5. The van der Waals surface area contributed by atoms with E-state index in [1.807, 2.05) is 43.6 Å². The van der Waals surface area contributed by atoms with E-state index < -0.39 is 0 Å². The molecule has 0 spiro atoms. The summed E-state index contributed by atoms with van der Waals surface area (Å²) in [5.74, 6) is 5.44. The highest BCUT2D eigenvalue weighted by molar-refractivity contribution is 6.00. The number of nitrogens with zero attached hydrogens (tertiary/aromatic N) is 6. The summed E-state index contributed by atoms with van der Waals surface area (Å²) >= 11 is 0. The van der Waals surface area contributed by atoms with E-state index >= 15 is 0 Å². The fraction of sp³-hybridized carbons (Fsp3) is 0.448. The average Bonchev–Trinajstić information content (AvgIpc) is 3.54. The molecule has 37 heavy (non-hydrogen) atoms. The number of methoxy groups -OCH3 is 1. The maximum absolute atomic E-state index is 13.6. The summed E-state index contributed by atoms with van der Waals surface area (Å²) in [6, 6.07) is 10.2. The number of carbonyl (C=O) groups excluding carboxylic acids is 1. The topological polar surface area (TPSA) is 78.1 Å². The number of hydrogen-bond donors (Lipinski definition) is 0. The Kier molecular flexibility index (Phi) is 4.43. The van der Waals surface area contributed by atoms with Crippen molar-refractivity contribution in [1.29, 1.82) is 0 Å². The molecule has 4 heterocycles. The maximum Gasteiger partial charge on any atom is 0.254 e. The number of imidazole rings is 2. The summed E-state index contributed by atoms with van der Waals surface area (Å²) in [4.78, 5) is 30.1. The van der Waals surface area contributed by atoms with Crippen molar-refractivity contribution in [2.24, 2.45) is 30.7 Å². The molecule has 4 aromatic rings. The minimum atomic E-state index is 0.112. The molecule has 4 fully saturated rings. The zero-order valence-electron chi connectivity index (χ0n) is 21.2. The number of likely N-dealkylation sites (tertiary alicyclic amines) is 1. The number of aromatic nitrogens is 5. The second kappa shape index (κ2) is 7.66. The first-order valence-corrected chi connectivity index (χ1v) is 13.4. The lowest BCUT2D eigenvalue weighted by atomic mass is 9.53. The van der Waals surface area contributed by atoms with Gasteiger partial charge in [0.15, 0.2) is 11.6 Å². The van der Waals surface area contributed by atoms with E-state index in [1.165, 1.54) is 25.7 Å². The number of rotatable bonds is 6. The highest BCUT2D eigenvalue weighted by atomic mass is 16.5. The van der Waals surface area contributed by atoms with Crippen molar-refractivity contribution in [3.8, 4) is 28.8 Å². The fourth-order valence-electron chi connectivity index (χ4n) is 7.18. The molecule has 8 nitrogen and oxygen atoms in total. The number of ether oxygens (including phenoxy) is 1. The molecular weight excluding hydrogens is 464 g/mol. The van der Waals surface area contributed by atoms with E-state index in [1.54, 1.807) is 13.3 Å². The number of pyridine rings is 1. The van der Waals surface area contributed by atoms with Crippen LogP contribution < -0.4 is 4.74 Å². The quantitative estimate of drug-likeness (QED) is 0.397. The van der Waals surface area contributed by atoms with Crippen LogP contribution in [0.1, 0.15) is 36.0 Å². The summed E-state index contributed by atoms with van der Waals surface area (Å²) in [6.45, 7) is 1.79. The van der Waals surface area contributed by atoms with Crippen LogP contribution in [-0.4, -0.2) is 54.6 Å². The van der Waals surface area contributed by atoms with Gasteiger partial charge in [0.05, 0.1) is 18.8 Å². The zero-order valence-corrected chi connectivity index (χ0v) is 21.2. The predicted molar refractivity (Wildman–Crippen MR) is 139 cm³/mol. The van der Waals surface area contributed by atoms with Crippen molar-refractivity contribution in [2.75, 3.05) is 13.7 Å². The van der Waals surface area contributed by atoms with Crippen LogP contribution >= 0.6 is 0 Å². The molecule has 8 heteroatoms. The van der Waals surface area contributed by atoms with E-state index in [0.717, 1.165) is 59.0 Å². The first kappa shape index (κ1) is 21.4. The lowest BCUT2D eigenvalue weighted by Gasteiger charge is -2.52. The van der Waals surface area contributed by atoms with Gasteiger partial charge < -0.3 is 18.8 Å². The van der Waals surface area contributed by atoms with Gasteiger partial charge in [0.2, 0.25) is 0 Å². The molecule has 4 aliphatic rings. The minimum absolute atomic E-state index is 0.112. The number of fused-ring (bicyclic) bond motifs is 1. The van der Waals surface area contributed by atoms with Crippen LogP contribution in [0.25, 0.3) is 34.1 Å². The Hall–Kier alpha value is -3.68. The molecule has 3 aliphatic carbocycles. The molecule has 4 atom stereocenters. The summed E-state index contributed by atoms with van der Waals surface area (Å²) in [5.41, 5.74) is 4.14. The standard InChI is InChI=1S/C29H30N6O2/c1-33-26-21(10-18(12-24(26)37-2)29(36)35-15-19-9-17-11-22(35)25(17)19)32-28(33)23-13-31-27(20-5-3-4-8-30-20)34(23)14-16-6-7-16/h3-5,8,10,12-13,16-17,19,22,25H,6-7,9,11,14-15H2,1-2H3/t17?,19-,22-,25-/m1/s1. The van der Waals surface area contributed by atoms with Gasteiger partial charge in [-0.3, -0.25) is 9.78 Å². The van der Waals surface area contributed by atoms with Gasteiger partial charge in [-0.15, -0.1) is 0 Å². The Labute approximate surface area is 215 Å². The number of amides is 1. The third-order valence-corrected chi connectivity index (χ3v) is 9.29. The van der Waals surface area contributed by atoms with Crippen molar-refractivity contribution in [3.05, 3.63) is 48.3 Å².